The number of halogens is 3. The zero-order valence-corrected chi connectivity index (χ0v) is 17.0. The predicted molar refractivity (Wildman–Crippen MR) is 110 cm³/mol. The van der Waals surface area contributed by atoms with Gasteiger partial charge in [-0.2, -0.15) is 18.2 Å². The van der Waals surface area contributed by atoms with Gasteiger partial charge in [-0.05, 0) is 42.7 Å². The van der Waals surface area contributed by atoms with Crippen molar-refractivity contribution in [2.45, 2.75) is 44.7 Å². The molecule has 1 fully saturated rings. The summed E-state index contributed by atoms with van der Waals surface area (Å²) >= 11 is 0. The summed E-state index contributed by atoms with van der Waals surface area (Å²) in [6.45, 7) is 2.53. The van der Waals surface area contributed by atoms with E-state index in [0.717, 1.165) is 37.1 Å². The van der Waals surface area contributed by atoms with Gasteiger partial charge in [0.25, 0.3) is 0 Å². The number of unbranched alkanes of at least 4 members (excludes halogenated alkanes) is 1. The van der Waals surface area contributed by atoms with E-state index in [-0.39, 0.29) is 35.5 Å². The number of benzene rings is 2. The van der Waals surface area contributed by atoms with Crippen LogP contribution in [-0.4, -0.2) is 22.6 Å². The summed E-state index contributed by atoms with van der Waals surface area (Å²) in [4.78, 5) is 18.5. The first-order valence-corrected chi connectivity index (χ1v) is 10.3. The molecule has 1 saturated heterocycles. The minimum absolute atomic E-state index is 0.0508. The van der Waals surface area contributed by atoms with Gasteiger partial charge in [-0.1, -0.05) is 42.8 Å². The van der Waals surface area contributed by atoms with Crippen molar-refractivity contribution in [3.05, 3.63) is 65.5 Å². The Morgan fingerprint density at radius 1 is 1.16 bits per heavy atom. The molecule has 4 rings (SSSR count). The lowest BCUT2D eigenvalue weighted by Gasteiger charge is -2.16. The first kappa shape index (κ1) is 21.1. The van der Waals surface area contributed by atoms with E-state index in [1.807, 2.05) is 24.3 Å². The second-order valence-electron chi connectivity index (χ2n) is 7.71. The van der Waals surface area contributed by atoms with Gasteiger partial charge >= 0.3 is 6.18 Å². The van der Waals surface area contributed by atoms with Gasteiger partial charge < -0.3 is 9.42 Å². The van der Waals surface area contributed by atoms with Gasteiger partial charge in [0.15, 0.2) is 0 Å². The van der Waals surface area contributed by atoms with E-state index in [1.165, 1.54) is 17.7 Å². The number of hydrogen-bond acceptors (Lipinski definition) is 4. The summed E-state index contributed by atoms with van der Waals surface area (Å²) < 4.78 is 44.2. The zero-order chi connectivity index (χ0) is 22.0. The maximum atomic E-state index is 13.0. The highest BCUT2D eigenvalue weighted by atomic mass is 19.4. The van der Waals surface area contributed by atoms with Crippen molar-refractivity contribution in [3.8, 4) is 11.4 Å². The van der Waals surface area contributed by atoms with Crippen LogP contribution < -0.4 is 4.90 Å². The third-order valence-electron chi connectivity index (χ3n) is 5.43. The number of nitrogens with zero attached hydrogens (tertiary/aromatic N) is 3. The normalized spacial score (nSPS) is 16.8. The van der Waals surface area contributed by atoms with E-state index in [4.69, 9.17) is 4.52 Å². The van der Waals surface area contributed by atoms with Gasteiger partial charge in [0.2, 0.25) is 17.6 Å². The van der Waals surface area contributed by atoms with E-state index in [9.17, 15) is 18.0 Å². The van der Waals surface area contributed by atoms with Crippen LogP contribution in [0.3, 0.4) is 0 Å². The summed E-state index contributed by atoms with van der Waals surface area (Å²) in [6.07, 6.45) is -0.987. The third kappa shape index (κ3) is 4.62. The molecule has 162 valence electrons. The summed E-state index contributed by atoms with van der Waals surface area (Å²) in [5.41, 5.74) is 1.48. The van der Waals surface area contributed by atoms with Crippen molar-refractivity contribution in [3.63, 3.8) is 0 Å². The first-order chi connectivity index (χ1) is 14.8. The molecule has 1 aliphatic rings. The number of amides is 1. The topological polar surface area (TPSA) is 59.2 Å². The van der Waals surface area contributed by atoms with Crippen LogP contribution in [-0.2, 0) is 17.4 Å². The molecule has 0 spiro atoms. The Labute approximate surface area is 177 Å². The lowest BCUT2D eigenvalue weighted by atomic mass is 10.1. The number of rotatable bonds is 6. The van der Waals surface area contributed by atoms with Crippen molar-refractivity contribution in [1.29, 1.82) is 0 Å². The van der Waals surface area contributed by atoms with Crippen LogP contribution in [0.1, 0.15) is 49.1 Å². The molecule has 1 atom stereocenters. The largest absolute Gasteiger partial charge is 0.416 e. The Kier molecular flexibility index (Phi) is 5.80. The quantitative estimate of drug-likeness (QED) is 0.510. The van der Waals surface area contributed by atoms with Gasteiger partial charge in [-0.25, -0.2) is 0 Å². The molecule has 0 radical (unpaired) electrons. The van der Waals surface area contributed by atoms with Gasteiger partial charge in [0.05, 0.1) is 11.5 Å². The molecule has 3 aromatic rings. The second-order valence-corrected chi connectivity index (χ2v) is 7.71. The molecule has 5 nitrogen and oxygen atoms in total. The van der Waals surface area contributed by atoms with Crippen molar-refractivity contribution >= 4 is 11.6 Å². The Morgan fingerprint density at radius 3 is 2.65 bits per heavy atom. The summed E-state index contributed by atoms with van der Waals surface area (Å²) in [7, 11) is 0. The van der Waals surface area contributed by atoms with Gasteiger partial charge in [0, 0.05) is 24.2 Å². The number of carbonyl (C=O) groups is 1. The Bertz CT molecular complexity index is 1060. The third-order valence-corrected chi connectivity index (χ3v) is 5.43. The fraction of sp³-hybridized carbons (Fsp3) is 0.348. The Morgan fingerprint density at radius 2 is 1.94 bits per heavy atom. The molecule has 1 aliphatic heterocycles. The van der Waals surface area contributed by atoms with Gasteiger partial charge in [-0.3, -0.25) is 4.79 Å². The summed E-state index contributed by atoms with van der Waals surface area (Å²) in [5, 5.41) is 3.83. The maximum absolute atomic E-state index is 13.0. The molecule has 0 saturated carbocycles. The molecule has 1 aromatic heterocycles. The molecule has 0 N–H and O–H groups in total. The van der Waals surface area contributed by atoms with Gasteiger partial charge in [-0.15, -0.1) is 0 Å². The molecule has 0 aliphatic carbocycles. The van der Waals surface area contributed by atoms with E-state index in [2.05, 4.69) is 17.1 Å². The SMILES string of the molecule is CCCCc1ccc(N2CC(c3nc(-c4cccc(C(F)(F)F)c4)no3)CC2=O)cc1. The monoisotopic (exact) mass is 429 g/mol. The van der Waals surface area contributed by atoms with Crippen LogP contribution in [0.2, 0.25) is 0 Å². The summed E-state index contributed by atoms with van der Waals surface area (Å²) in [5.74, 6) is -0.0282. The van der Waals surface area contributed by atoms with Crippen LogP contribution >= 0.6 is 0 Å². The van der Waals surface area contributed by atoms with Crippen LogP contribution in [0.4, 0.5) is 18.9 Å². The minimum Gasteiger partial charge on any atom is -0.339 e. The minimum atomic E-state index is -4.45. The van der Waals surface area contributed by atoms with Crippen LogP contribution in [0.15, 0.2) is 53.1 Å². The Hall–Kier alpha value is -3.16. The first-order valence-electron chi connectivity index (χ1n) is 10.3. The maximum Gasteiger partial charge on any atom is 0.416 e. The van der Waals surface area contributed by atoms with Crippen LogP contribution in [0, 0.1) is 0 Å². The molecule has 1 unspecified atom stereocenters. The Balaban J connectivity index is 1.48. The average molecular weight is 429 g/mol. The highest BCUT2D eigenvalue weighted by molar-refractivity contribution is 5.96. The average Bonchev–Trinajstić information content (AvgIpc) is 3.39. The lowest BCUT2D eigenvalue weighted by Crippen LogP contribution is -2.24. The number of aromatic nitrogens is 2. The fourth-order valence-electron chi connectivity index (χ4n) is 3.70. The smallest absolute Gasteiger partial charge is 0.339 e. The zero-order valence-electron chi connectivity index (χ0n) is 17.0. The number of alkyl halides is 3. The van der Waals surface area contributed by atoms with E-state index >= 15 is 0 Å². The summed E-state index contributed by atoms with van der Waals surface area (Å²) in [6, 6.07) is 12.7. The molecule has 31 heavy (non-hydrogen) atoms. The van der Waals surface area contributed by atoms with Gasteiger partial charge in [0.1, 0.15) is 0 Å². The van der Waals surface area contributed by atoms with Crippen molar-refractivity contribution in [1.82, 2.24) is 10.1 Å². The standard InChI is InChI=1S/C23H22F3N3O2/c1-2-3-5-15-8-10-19(11-9-15)29-14-17(13-20(29)30)22-27-21(28-31-22)16-6-4-7-18(12-16)23(24,25)26/h4,6-12,17H,2-3,5,13-14H2,1H3. The molecule has 8 heteroatoms. The van der Waals surface area contributed by atoms with E-state index < -0.39 is 11.7 Å². The fourth-order valence-corrected chi connectivity index (χ4v) is 3.70. The van der Waals surface area contributed by atoms with E-state index in [1.54, 1.807) is 4.90 Å². The van der Waals surface area contributed by atoms with Crippen LogP contribution in [0.5, 0.6) is 0 Å². The van der Waals surface area contributed by atoms with E-state index in [0.29, 0.717) is 6.54 Å². The van der Waals surface area contributed by atoms with Crippen LogP contribution in [0.25, 0.3) is 11.4 Å². The number of anilines is 1. The molecular weight excluding hydrogens is 407 g/mol. The number of aryl methyl sites for hydroxylation is 1. The molecule has 2 aromatic carbocycles. The molecule has 2 heterocycles. The highest BCUT2D eigenvalue weighted by Gasteiger charge is 2.35. The molecule has 0 bridgehead atoms. The number of hydrogen-bond donors (Lipinski definition) is 0. The highest BCUT2D eigenvalue weighted by Crippen LogP contribution is 2.34. The second kappa shape index (κ2) is 8.53. The number of carbonyl (C=O) groups excluding carboxylic acids is 1. The lowest BCUT2D eigenvalue weighted by molar-refractivity contribution is -0.137. The van der Waals surface area contributed by atoms with Crippen molar-refractivity contribution < 1.29 is 22.5 Å². The molecular formula is C23H22F3N3O2. The predicted octanol–water partition coefficient (Wildman–Crippen LogP) is 5.62. The van der Waals surface area contributed by atoms with Crippen molar-refractivity contribution in [2.75, 3.05) is 11.4 Å². The molecule has 1 amide bonds. The van der Waals surface area contributed by atoms with Crippen molar-refractivity contribution in [2.24, 2.45) is 0 Å².